The summed E-state index contributed by atoms with van der Waals surface area (Å²) < 4.78 is 2.14. The second-order valence-electron chi connectivity index (χ2n) is 7.69. The average Bonchev–Trinajstić information content (AvgIpc) is 3.21. The van der Waals surface area contributed by atoms with Crippen molar-refractivity contribution < 1.29 is 4.40 Å². The van der Waals surface area contributed by atoms with Crippen LogP contribution in [0.4, 0.5) is 17.2 Å². The molecule has 1 saturated heterocycles. The summed E-state index contributed by atoms with van der Waals surface area (Å²) in [6.45, 7) is 7.28. The lowest BCUT2D eigenvalue weighted by atomic mass is 10.2. The van der Waals surface area contributed by atoms with E-state index in [1.807, 2.05) is 37.6 Å². The third kappa shape index (κ3) is 3.28. The van der Waals surface area contributed by atoms with E-state index in [4.69, 9.17) is 16.6 Å². The van der Waals surface area contributed by atoms with Crippen molar-refractivity contribution in [1.82, 2.24) is 15.3 Å². The zero-order valence-electron chi connectivity index (χ0n) is 16.5. The first-order valence-electron chi connectivity index (χ1n) is 9.92. The highest BCUT2D eigenvalue weighted by Crippen LogP contribution is 2.30. The Bertz CT molecular complexity index is 1180. The van der Waals surface area contributed by atoms with Gasteiger partial charge in [-0.15, -0.1) is 0 Å². The normalized spacial score (nSPS) is 17.2. The van der Waals surface area contributed by atoms with Gasteiger partial charge < -0.3 is 15.5 Å². The Hall–Kier alpha value is -2.83. The zero-order chi connectivity index (χ0) is 20.0. The number of benzene rings is 2. The maximum Gasteiger partial charge on any atom is 0.247 e. The third-order valence-electron chi connectivity index (χ3n) is 5.58. The number of piperazine rings is 1. The molecule has 0 spiro atoms. The van der Waals surface area contributed by atoms with E-state index in [1.54, 1.807) is 0 Å². The molecule has 3 N–H and O–H groups in total. The number of aromatic nitrogens is 3. The van der Waals surface area contributed by atoms with Crippen LogP contribution in [0.3, 0.4) is 0 Å². The Morgan fingerprint density at radius 3 is 2.97 bits per heavy atom. The van der Waals surface area contributed by atoms with E-state index in [-0.39, 0.29) is 0 Å². The van der Waals surface area contributed by atoms with Crippen LogP contribution in [0, 0.1) is 6.92 Å². The fraction of sp³-hybridized carbons (Fsp3) is 0.273. The van der Waals surface area contributed by atoms with Crippen molar-refractivity contribution in [3.8, 4) is 0 Å². The number of fused-ring (bicyclic) bond motifs is 3. The summed E-state index contributed by atoms with van der Waals surface area (Å²) in [6, 6.07) is 12.9. The van der Waals surface area contributed by atoms with Gasteiger partial charge in [0.1, 0.15) is 11.7 Å². The predicted octanol–water partition coefficient (Wildman–Crippen LogP) is 3.81. The number of rotatable bonds is 3. The number of para-hydroxylation sites is 1. The van der Waals surface area contributed by atoms with Gasteiger partial charge in [-0.3, -0.25) is 0 Å². The summed E-state index contributed by atoms with van der Waals surface area (Å²) in [5, 5.41) is 7.63. The van der Waals surface area contributed by atoms with E-state index in [0.717, 1.165) is 53.3 Å². The molecule has 1 fully saturated rings. The van der Waals surface area contributed by atoms with Gasteiger partial charge in [-0.05, 0) is 37.6 Å². The molecule has 4 aromatic rings. The molecule has 2 aromatic carbocycles. The monoisotopic (exact) mass is 407 g/mol. The van der Waals surface area contributed by atoms with Gasteiger partial charge in [-0.1, -0.05) is 23.7 Å². The van der Waals surface area contributed by atoms with Crippen molar-refractivity contribution in [2.45, 2.75) is 19.9 Å². The maximum atomic E-state index is 6.43. The lowest BCUT2D eigenvalue weighted by Crippen LogP contribution is -2.49. The quantitative estimate of drug-likeness (QED) is 0.452. The number of aromatic amines is 1. The number of hydrogen-bond acceptors (Lipinski definition) is 4. The molecule has 29 heavy (non-hydrogen) atoms. The molecule has 5 rings (SSSR count). The van der Waals surface area contributed by atoms with Gasteiger partial charge in [-0.2, -0.15) is 4.40 Å². The first-order chi connectivity index (χ1) is 14.1. The van der Waals surface area contributed by atoms with E-state index in [9.17, 15) is 0 Å². The first-order valence-corrected chi connectivity index (χ1v) is 10.3. The van der Waals surface area contributed by atoms with Crippen LogP contribution in [-0.4, -0.2) is 35.6 Å². The van der Waals surface area contributed by atoms with Gasteiger partial charge in [0.05, 0.1) is 10.7 Å². The molecule has 0 unspecified atom stereocenters. The molecule has 3 heterocycles. The highest BCUT2D eigenvalue weighted by atomic mass is 35.5. The molecule has 7 heteroatoms. The molecular weight excluding hydrogens is 384 g/mol. The van der Waals surface area contributed by atoms with Crippen LogP contribution in [0.5, 0.6) is 0 Å². The van der Waals surface area contributed by atoms with Crippen LogP contribution in [0.25, 0.3) is 16.6 Å². The molecule has 148 valence electrons. The second kappa shape index (κ2) is 7.21. The van der Waals surface area contributed by atoms with Gasteiger partial charge in [0.2, 0.25) is 11.8 Å². The zero-order valence-corrected chi connectivity index (χ0v) is 17.3. The Kier molecular flexibility index (Phi) is 4.53. The predicted molar refractivity (Wildman–Crippen MR) is 118 cm³/mol. The van der Waals surface area contributed by atoms with Crippen LogP contribution in [0.2, 0.25) is 5.02 Å². The standard InChI is InChI=1S/C22H23ClN6/c1-14-4-3-5-17(23)21(14)27-22-20-11-24-13-29(20)19-10-16(6-7-18(19)26-22)28-9-8-25-15(2)12-28/h3-7,10-11,13,15,25H,8-9,12H2,1-2H3,(H,26,27)/p+1/t15-/m0/s1. The molecule has 6 nitrogen and oxygen atoms in total. The van der Waals surface area contributed by atoms with Crippen molar-refractivity contribution >= 4 is 45.3 Å². The van der Waals surface area contributed by atoms with E-state index < -0.39 is 0 Å². The lowest BCUT2D eigenvalue weighted by molar-refractivity contribution is -0.480. The van der Waals surface area contributed by atoms with Crippen molar-refractivity contribution in [2.24, 2.45) is 0 Å². The molecule has 0 saturated carbocycles. The lowest BCUT2D eigenvalue weighted by Gasteiger charge is -2.33. The molecule has 1 aliphatic heterocycles. The molecule has 2 aromatic heterocycles. The Labute approximate surface area is 174 Å². The summed E-state index contributed by atoms with van der Waals surface area (Å²) in [5.74, 6) is 0.776. The summed E-state index contributed by atoms with van der Waals surface area (Å²) in [6.07, 6.45) is 3.93. The third-order valence-corrected chi connectivity index (χ3v) is 5.89. The molecule has 1 atom stereocenters. The Morgan fingerprint density at radius 2 is 2.14 bits per heavy atom. The van der Waals surface area contributed by atoms with Crippen molar-refractivity contribution in [1.29, 1.82) is 0 Å². The summed E-state index contributed by atoms with van der Waals surface area (Å²) in [7, 11) is 0. The average molecular weight is 408 g/mol. The highest BCUT2D eigenvalue weighted by Gasteiger charge is 2.20. The van der Waals surface area contributed by atoms with Gasteiger partial charge in [0.15, 0.2) is 11.3 Å². The van der Waals surface area contributed by atoms with Crippen LogP contribution in [0.15, 0.2) is 48.9 Å². The van der Waals surface area contributed by atoms with Gasteiger partial charge in [-0.25, -0.2) is 9.97 Å². The number of nitrogens with one attached hydrogen (secondary N) is 3. The fourth-order valence-corrected chi connectivity index (χ4v) is 4.32. The van der Waals surface area contributed by atoms with Crippen molar-refractivity contribution in [3.05, 3.63) is 59.5 Å². The molecule has 0 amide bonds. The number of hydrogen-bond donors (Lipinski definition) is 3. The largest absolute Gasteiger partial charge is 0.369 e. The summed E-state index contributed by atoms with van der Waals surface area (Å²) in [4.78, 5) is 10.6. The van der Waals surface area contributed by atoms with Crippen molar-refractivity contribution in [2.75, 3.05) is 29.9 Å². The van der Waals surface area contributed by atoms with Crippen molar-refractivity contribution in [3.63, 3.8) is 0 Å². The fourth-order valence-electron chi connectivity index (χ4n) is 4.05. The summed E-state index contributed by atoms with van der Waals surface area (Å²) >= 11 is 6.43. The number of anilines is 3. The minimum absolute atomic E-state index is 0.489. The number of halogens is 1. The van der Waals surface area contributed by atoms with Gasteiger partial charge in [0.25, 0.3) is 0 Å². The number of aryl methyl sites for hydroxylation is 1. The van der Waals surface area contributed by atoms with E-state index in [2.05, 4.69) is 50.0 Å². The van der Waals surface area contributed by atoms with Crippen LogP contribution < -0.4 is 19.9 Å². The molecule has 0 aliphatic carbocycles. The van der Waals surface area contributed by atoms with Crippen LogP contribution in [-0.2, 0) is 0 Å². The van der Waals surface area contributed by atoms with E-state index >= 15 is 0 Å². The Morgan fingerprint density at radius 1 is 1.24 bits per heavy atom. The van der Waals surface area contributed by atoms with Crippen LogP contribution >= 0.6 is 11.6 Å². The van der Waals surface area contributed by atoms with E-state index in [0.29, 0.717) is 11.1 Å². The molecular formula is C22H24ClN6+. The number of nitrogens with zero attached hydrogens (tertiary/aromatic N) is 3. The van der Waals surface area contributed by atoms with Gasteiger partial charge in [0, 0.05) is 37.4 Å². The Balaban J connectivity index is 1.60. The maximum absolute atomic E-state index is 6.43. The summed E-state index contributed by atoms with van der Waals surface area (Å²) in [5.41, 5.74) is 6.17. The molecule has 1 aliphatic rings. The second-order valence-corrected chi connectivity index (χ2v) is 8.09. The highest BCUT2D eigenvalue weighted by molar-refractivity contribution is 6.33. The van der Waals surface area contributed by atoms with Crippen LogP contribution in [0.1, 0.15) is 12.5 Å². The molecule has 0 bridgehead atoms. The minimum atomic E-state index is 0.489. The number of H-pyrrole nitrogens is 1. The SMILES string of the molecule is Cc1cccc(Cl)c1Nc1nc2ccc(N3CCN[C@@H](C)C3)cc2[n+]2c[nH]cc12. The van der Waals surface area contributed by atoms with E-state index in [1.165, 1.54) is 5.69 Å². The minimum Gasteiger partial charge on any atom is -0.369 e. The topological polar surface area (TPSA) is 60.1 Å². The number of imidazole rings is 1. The smallest absolute Gasteiger partial charge is 0.247 e. The van der Waals surface area contributed by atoms with Gasteiger partial charge >= 0.3 is 0 Å². The molecule has 0 radical (unpaired) electrons. The first kappa shape index (κ1) is 18.2.